The molecule has 0 bridgehead atoms. The van der Waals surface area contributed by atoms with E-state index in [1.165, 1.54) is 24.5 Å². The van der Waals surface area contributed by atoms with Crippen molar-refractivity contribution in [3.63, 3.8) is 0 Å². The van der Waals surface area contributed by atoms with Crippen molar-refractivity contribution in [1.82, 2.24) is 104 Å². The summed E-state index contributed by atoms with van der Waals surface area (Å²) in [6.45, 7) is 16.4. The molecule has 4 heterocycles. The molecule has 0 saturated carbocycles. The molecule has 0 unspecified atom stereocenters. The molecule has 4 aliphatic rings. The summed E-state index contributed by atoms with van der Waals surface area (Å²) in [6.07, 6.45) is 0.250. The first-order valence-corrected chi connectivity index (χ1v) is 44.7. The van der Waals surface area contributed by atoms with E-state index in [9.17, 15) is 96.5 Å². The van der Waals surface area contributed by atoms with Gasteiger partial charge in [0.2, 0.25) is 11.8 Å². The number of likely N-dealkylation sites (N-methyl/N-ethyl adjacent to an activating group) is 1. The number of aliphatic carboxylic acids is 16. The Morgan fingerprint density at radius 1 is 0.216 bits per heavy atom. The summed E-state index contributed by atoms with van der Waals surface area (Å²) in [5.74, 6) is -17.9. The van der Waals surface area contributed by atoms with Crippen molar-refractivity contribution in [2.75, 3.05) is 400 Å². The van der Waals surface area contributed by atoms with Crippen LogP contribution in [0, 0.1) is 0 Å². The second-order valence-corrected chi connectivity index (χ2v) is 33.1. The van der Waals surface area contributed by atoms with Crippen molar-refractivity contribution in [1.29, 1.82) is 0 Å². The lowest BCUT2D eigenvalue weighted by molar-refractivity contribution is -0.192. The quantitative estimate of drug-likeness (QED) is 0.0251. The van der Waals surface area contributed by atoms with E-state index >= 15 is 0 Å². The zero-order chi connectivity index (χ0) is 105. The lowest BCUT2D eigenvalue weighted by Gasteiger charge is -2.34. The van der Waals surface area contributed by atoms with Crippen LogP contribution in [0.3, 0.4) is 0 Å². The van der Waals surface area contributed by atoms with E-state index < -0.39 is 147 Å². The Morgan fingerprint density at radius 3 is 0.489 bits per heavy atom. The lowest BCUT2D eigenvalue weighted by atomic mass is 10.3. The third-order valence-electron chi connectivity index (χ3n) is 21.6. The summed E-state index contributed by atoms with van der Waals surface area (Å²) in [4.78, 5) is 250. The average molecular weight is 2010 g/mol. The van der Waals surface area contributed by atoms with Gasteiger partial charge in [-0.2, -0.15) is 9.59 Å². The van der Waals surface area contributed by atoms with Crippen LogP contribution in [0.5, 0.6) is 0 Å². The number of amides is 2. The van der Waals surface area contributed by atoms with Crippen molar-refractivity contribution in [3.8, 4) is 0 Å². The van der Waals surface area contributed by atoms with Gasteiger partial charge in [-0.1, -0.05) is 0 Å². The molecule has 0 aromatic rings. The number of nitrogens with zero attached hydrogens (tertiary/aromatic N) is 19. The Bertz CT molecular complexity index is 3470. The molecule has 4 fully saturated rings. The van der Waals surface area contributed by atoms with Gasteiger partial charge in [0.1, 0.15) is 0 Å². The van der Waals surface area contributed by atoms with Crippen molar-refractivity contribution in [2.24, 2.45) is 11.5 Å². The molecule has 4 saturated heterocycles. The highest BCUT2D eigenvalue weighted by Gasteiger charge is 2.28. The molecule has 0 radical (unpaired) electrons. The Morgan fingerprint density at radius 2 is 0.353 bits per heavy atom. The van der Waals surface area contributed by atoms with Crippen molar-refractivity contribution >= 4 is 113 Å². The highest BCUT2D eigenvalue weighted by molar-refractivity contribution is 5.80. The molecule has 4 rings (SSSR count). The zero-order valence-electron chi connectivity index (χ0n) is 78.9. The Balaban J connectivity index is 0.00000182. The summed E-state index contributed by atoms with van der Waals surface area (Å²) in [5.41, 5.74) is 10.5. The molecular weight excluding hydrogens is 1860 g/mol. The molecule has 796 valence electrons. The van der Waals surface area contributed by atoms with Crippen LogP contribution in [0.1, 0.15) is 0 Å². The molecule has 2 amide bonds. The normalized spacial score (nSPS) is 16.7. The smallest absolute Gasteiger partial charge is 0.373 e. The largest absolute Gasteiger partial charge is 0.480 e. The molecule has 22 N–H and O–H groups in total. The summed E-state index contributed by atoms with van der Waals surface area (Å²) >= 11 is 0. The fourth-order valence-corrected chi connectivity index (χ4v) is 14.6. The fraction of sp³-hybridized carbons (Fsp3) is 0.762. The van der Waals surface area contributed by atoms with Crippen LogP contribution >= 0.6 is 0 Å². The average Bonchev–Trinajstić information content (AvgIpc) is 1.87. The third kappa shape index (κ3) is 75.6. The van der Waals surface area contributed by atoms with Gasteiger partial charge in [0.25, 0.3) is 0 Å². The first-order valence-electron chi connectivity index (χ1n) is 44.7. The molecule has 0 atom stereocenters. The molecule has 0 aliphatic carbocycles. The monoisotopic (exact) mass is 2000 g/mol. The predicted molar refractivity (Wildman–Crippen MR) is 485 cm³/mol. The molecule has 0 aromatic carbocycles. The summed E-state index contributed by atoms with van der Waals surface area (Å²) in [6, 6.07) is 0. The number of carbonyl (C=O) groups is 18. The fourth-order valence-electron chi connectivity index (χ4n) is 14.6. The number of carboxylic acid groups (broad SMARTS) is 16. The molecule has 0 aromatic heterocycles. The third-order valence-corrected chi connectivity index (χ3v) is 21.6. The molecule has 4 aliphatic heterocycles. The Labute approximate surface area is 803 Å². The lowest BCUT2D eigenvalue weighted by Crippen LogP contribution is -2.49. The minimum absolute atomic E-state index is 0.0941. The van der Waals surface area contributed by atoms with Crippen LogP contribution in [0.25, 0.3) is 0 Å². The zero-order valence-corrected chi connectivity index (χ0v) is 78.9. The van der Waals surface area contributed by atoms with Gasteiger partial charge in [-0.15, -0.1) is 0 Å². The summed E-state index contributed by atoms with van der Waals surface area (Å²) in [7, 11) is 1.95. The van der Waals surface area contributed by atoms with E-state index in [2.05, 4.69) is 49.8 Å². The van der Waals surface area contributed by atoms with Crippen LogP contribution < -0.4 is 22.1 Å². The maximum Gasteiger partial charge on any atom is 0.373 e. The molecule has 59 nitrogen and oxygen atoms in total. The van der Waals surface area contributed by atoms with E-state index in [1.807, 2.05) is 21.7 Å². The highest BCUT2D eigenvalue weighted by atomic mass is 16.4. The van der Waals surface area contributed by atoms with Gasteiger partial charge in [0.05, 0.1) is 118 Å². The standard InChI is InChI=1S/C23H42N6O10.C20H37N7O8.2C18H33N5O8.CO2/c1-24-2-4-25(8-12-28(15-20(32)33)16-21(34)35)6-10-27(14-19(30)31)11-7-26(5-3-24)9-13-29(17-22(36)37)18-23(38)39;21-16(28)11-26(12-17(22)29)9-5-23-1-2-24(4-8-25(7-3-23)13-18(30)31)6-10-27(14-19(32)33)15-20(34)35;2*24-15(25)11-19-1-2-20-3-4-21(6-9-22(8-5-20)12-16(26)27)7-10-23(13-17(28)29)14-18(30)31;2-1-3/h2-18H2,1H3,(H,30,31)(H,32,33)(H,34,35)(H,36,37)(H,38,39);1-15H2,(H2,21,28)(H2,22,29)(H,30,31)(H,32,33)(H,34,35);2*19H,1-14H2,(H,24,25)(H,26,27)(H,28,29)(H,30,31);. The number of hydrogen-bond acceptors (Lipinski definition) is 41. The van der Waals surface area contributed by atoms with Gasteiger partial charge in [-0.05, 0) is 7.05 Å². The van der Waals surface area contributed by atoms with E-state index in [4.69, 9.17) is 92.5 Å². The Hall–Kier alpha value is -11.0. The molecule has 139 heavy (non-hydrogen) atoms. The van der Waals surface area contributed by atoms with Crippen molar-refractivity contribution in [3.05, 3.63) is 0 Å². The van der Waals surface area contributed by atoms with Crippen LogP contribution in [0.15, 0.2) is 0 Å². The maximum absolute atomic E-state index is 11.5. The molecule has 59 heteroatoms. The van der Waals surface area contributed by atoms with E-state index in [-0.39, 0.29) is 117 Å². The molecule has 0 spiro atoms. The van der Waals surface area contributed by atoms with Crippen LogP contribution in [0.4, 0.5) is 0 Å². The topological polar surface area (TPSA) is 803 Å². The van der Waals surface area contributed by atoms with E-state index in [0.717, 1.165) is 0 Å². The van der Waals surface area contributed by atoms with Gasteiger partial charge in [0.15, 0.2) is 0 Å². The number of nitrogens with two attached hydrogens (primary N) is 2. The SMILES string of the molecule is CN1CCN(CCN(CC(=O)O)CC(=O)O)CCN(CC(=O)O)CCN(CCN(CC(=O)O)CC(=O)O)CC1.NC(=O)CN(CCN1CCN(CCN(CC(=O)O)CC(=O)O)CCN(CC(=O)O)CC1)CC(N)=O.O=C(O)CNCCN1CCN(CCN(CC(=O)O)CC(=O)O)CCN(CC(=O)O)CC1.O=C(O)CNCCN1CCN(CCN(CC(=O)O)CC(=O)O)CCN(CC(=O)O)CC1.O=C=O. The van der Waals surface area contributed by atoms with Crippen LogP contribution in [-0.4, -0.2) is 688 Å². The summed E-state index contributed by atoms with van der Waals surface area (Å²) in [5, 5.41) is 150. The molecular formula is C80H145N23O36. The Kier molecular flexibility index (Phi) is 69.9. The van der Waals surface area contributed by atoms with Crippen molar-refractivity contribution < 1.29 is 178 Å². The number of nitrogens with one attached hydrogen (secondary N) is 2. The van der Waals surface area contributed by atoms with Crippen molar-refractivity contribution in [2.45, 2.75) is 0 Å². The first-order chi connectivity index (χ1) is 65.5. The first kappa shape index (κ1) is 128. The van der Waals surface area contributed by atoms with E-state index in [0.29, 0.717) is 242 Å². The number of rotatable bonds is 60. The second-order valence-electron chi connectivity index (χ2n) is 33.1. The van der Waals surface area contributed by atoms with E-state index in [1.54, 1.807) is 14.7 Å². The predicted octanol–water partition coefficient (Wildman–Crippen LogP) is -13.7. The summed E-state index contributed by atoms with van der Waals surface area (Å²) < 4.78 is 0. The van der Waals surface area contributed by atoms with Gasteiger partial charge in [-0.25, -0.2) is 0 Å². The second kappa shape index (κ2) is 75.9. The van der Waals surface area contributed by atoms with Crippen LogP contribution in [-0.2, 0) is 95.9 Å². The number of carbonyl (C=O) groups excluding carboxylic acids is 4. The minimum Gasteiger partial charge on any atom is -0.480 e. The number of carboxylic acids is 16. The van der Waals surface area contributed by atoms with Gasteiger partial charge < -0.3 is 109 Å². The maximum atomic E-state index is 11.5. The van der Waals surface area contributed by atoms with Crippen LogP contribution in [0.2, 0.25) is 0 Å². The number of hydrogen-bond donors (Lipinski definition) is 20. The van der Waals surface area contributed by atoms with Gasteiger partial charge in [-0.3, -0.25) is 175 Å². The van der Waals surface area contributed by atoms with Gasteiger partial charge >= 0.3 is 102 Å². The van der Waals surface area contributed by atoms with Gasteiger partial charge in [0, 0.05) is 275 Å². The minimum atomic E-state index is -1.12. The number of primary amides is 2. The highest BCUT2D eigenvalue weighted by Crippen LogP contribution is 2.10.